The van der Waals surface area contributed by atoms with Gasteiger partial charge in [-0.25, -0.2) is 0 Å². The van der Waals surface area contributed by atoms with E-state index < -0.39 is 0 Å². The third kappa shape index (κ3) is 3.88. The molecule has 1 aromatic rings. The van der Waals surface area contributed by atoms with Crippen LogP contribution in [-0.4, -0.2) is 5.25 Å². The smallest absolute Gasteiger partial charge is 0.0190 e. The average molecular weight is 223 g/mol. The first-order valence-corrected chi connectivity index (χ1v) is 6.58. The molecule has 0 aliphatic rings. The standard InChI is InChI=1S/C13H21NS/c1-10(2)11(3)15-9-13-7-5-4-6-12(13)8-14/h4-7,10-11H,8-9,14H2,1-3H3. The molecule has 0 radical (unpaired) electrons. The molecule has 84 valence electrons. The van der Waals surface area contributed by atoms with Gasteiger partial charge in [-0.1, -0.05) is 45.0 Å². The van der Waals surface area contributed by atoms with Crippen molar-refractivity contribution in [2.75, 3.05) is 0 Å². The van der Waals surface area contributed by atoms with Crippen molar-refractivity contribution in [1.82, 2.24) is 0 Å². The Morgan fingerprint density at radius 1 is 1.13 bits per heavy atom. The molecule has 0 aliphatic carbocycles. The highest BCUT2D eigenvalue weighted by molar-refractivity contribution is 7.99. The Hall–Kier alpha value is -0.470. The van der Waals surface area contributed by atoms with Crippen LogP contribution in [0.4, 0.5) is 0 Å². The topological polar surface area (TPSA) is 26.0 Å². The van der Waals surface area contributed by atoms with E-state index in [2.05, 4.69) is 45.0 Å². The van der Waals surface area contributed by atoms with Gasteiger partial charge in [-0.05, 0) is 17.0 Å². The molecular weight excluding hydrogens is 202 g/mol. The second-order valence-electron chi connectivity index (χ2n) is 4.23. The highest BCUT2D eigenvalue weighted by atomic mass is 32.2. The summed E-state index contributed by atoms with van der Waals surface area (Å²) in [7, 11) is 0. The molecule has 0 saturated heterocycles. The maximum absolute atomic E-state index is 5.71. The van der Waals surface area contributed by atoms with Gasteiger partial charge in [-0.3, -0.25) is 0 Å². The van der Waals surface area contributed by atoms with Crippen LogP contribution in [-0.2, 0) is 12.3 Å². The molecule has 2 N–H and O–H groups in total. The minimum Gasteiger partial charge on any atom is -0.326 e. The van der Waals surface area contributed by atoms with E-state index in [1.54, 1.807) is 0 Å². The van der Waals surface area contributed by atoms with Crippen molar-refractivity contribution < 1.29 is 0 Å². The number of benzene rings is 1. The molecule has 2 heteroatoms. The summed E-state index contributed by atoms with van der Waals surface area (Å²) in [4.78, 5) is 0. The van der Waals surface area contributed by atoms with Crippen molar-refractivity contribution in [2.45, 2.75) is 38.3 Å². The predicted molar refractivity (Wildman–Crippen MR) is 69.9 cm³/mol. The summed E-state index contributed by atoms with van der Waals surface area (Å²) < 4.78 is 0. The molecule has 0 amide bonds. The predicted octanol–water partition coefficient (Wildman–Crippen LogP) is 3.42. The van der Waals surface area contributed by atoms with E-state index in [0.29, 0.717) is 11.8 Å². The highest BCUT2D eigenvalue weighted by Gasteiger charge is 2.08. The van der Waals surface area contributed by atoms with Gasteiger partial charge in [-0.15, -0.1) is 0 Å². The monoisotopic (exact) mass is 223 g/mol. The number of hydrogen-bond donors (Lipinski definition) is 1. The highest BCUT2D eigenvalue weighted by Crippen LogP contribution is 2.24. The van der Waals surface area contributed by atoms with E-state index in [1.165, 1.54) is 11.1 Å². The summed E-state index contributed by atoms with van der Waals surface area (Å²) in [6.45, 7) is 7.48. The van der Waals surface area contributed by atoms with E-state index in [4.69, 9.17) is 5.73 Å². The van der Waals surface area contributed by atoms with Gasteiger partial charge >= 0.3 is 0 Å². The van der Waals surface area contributed by atoms with Crippen LogP contribution in [0.5, 0.6) is 0 Å². The molecule has 1 aromatic carbocycles. The van der Waals surface area contributed by atoms with Crippen LogP contribution in [0, 0.1) is 5.92 Å². The van der Waals surface area contributed by atoms with Crippen LogP contribution in [0.3, 0.4) is 0 Å². The Balaban J connectivity index is 2.57. The van der Waals surface area contributed by atoms with E-state index in [-0.39, 0.29) is 0 Å². The van der Waals surface area contributed by atoms with Crippen molar-refractivity contribution in [3.63, 3.8) is 0 Å². The molecule has 1 unspecified atom stereocenters. The minimum atomic E-state index is 0.646. The van der Waals surface area contributed by atoms with Gasteiger partial charge < -0.3 is 5.73 Å². The second-order valence-corrected chi connectivity index (χ2v) is 5.60. The Bertz CT molecular complexity index is 296. The fourth-order valence-corrected chi connectivity index (χ4v) is 2.42. The lowest BCUT2D eigenvalue weighted by molar-refractivity contribution is 0.642. The summed E-state index contributed by atoms with van der Waals surface area (Å²) in [5.74, 6) is 1.81. The quantitative estimate of drug-likeness (QED) is 0.827. The van der Waals surface area contributed by atoms with Crippen LogP contribution in [0.25, 0.3) is 0 Å². The van der Waals surface area contributed by atoms with E-state index in [1.807, 2.05) is 11.8 Å². The number of hydrogen-bond acceptors (Lipinski definition) is 2. The third-order valence-corrected chi connectivity index (χ3v) is 4.33. The van der Waals surface area contributed by atoms with Gasteiger partial charge in [0.2, 0.25) is 0 Å². The normalized spacial score (nSPS) is 13.1. The molecule has 1 nitrogen and oxygen atoms in total. The Kier molecular flexibility index (Phi) is 5.20. The summed E-state index contributed by atoms with van der Waals surface area (Å²) in [5, 5.41) is 0.704. The van der Waals surface area contributed by atoms with Crippen LogP contribution in [0.1, 0.15) is 31.9 Å². The van der Waals surface area contributed by atoms with Crippen LogP contribution in [0.2, 0.25) is 0 Å². The number of nitrogens with two attached hydrogens (primary N) is 1. The minimum absolute atomic E-state index is 0.646. The number of rotatable bonds is 5. The van der Waals surface area contributed by atoms with E-state index in [0.717, 1.165) is 11.7 Å². The Morgan fingerprint density at radius 3 is 2.27 bits per heavy atom. The van der Waals surface area contributed by atoms with Crippen LogP contribution < -0.4 is 5.73 Å². The summed E-state index contributed by atoms with van der Waals surface area (Å²) >= 11 is 2.01. The van der Waals surface area contributed by atoms with Gasteiger partial charge in [0.05, 0.1) is 0 Å². The van der Waals surface area contributed by atoms with Gasteiger partial charge in [0.15, 0.2) is 0 Å². The molecular formula is C13H21NS. The Morgan fingerprint density at radius 2 is 1.73 bits per heavy atom. The van der Waals surface area contributed by atoms with Gasteiger partial charge in [0, 0.05) is 17.5 Å². The lowest BCUT2D eigenvalue weighted by Crippen LogP contribution is -2.07. The molecule has 1 atom stereocenters. The maximum Gasteiger partial charge on any atom is 0.0190 e. The molecule has 0 aromatic heterocycles. The molecule has 0 bridgehead atoms. The van der Waals surface area contributed by atoms with Crippen molar-refractivity contribution in [3.05, 3.63) is 35.4 Å². The fourth-order valence-electron chi connectivity index (χ4n) is 1.31. The first kappa shape index (κ1) is 12.6. The van der Waals surface area contributed by atoms with E-state index in [9.17, 15) is 0 Å². The number of thioether (sulfide) groups is 1. The molecule has 0 spiro atoms. The van der Waals surface area contributed by atoms with Crippen molar-refractivity contribution in [3.8, 4) is 0 Å². The zero-order valence-corrected chi connectivity index (χ0v) is 10.7. The SMILES string of the molecule is CC(C)C(C)SCc1ccccc1CN. The fraction of sp³-hybridized carbons (Fsp3) is 0.538. The van der Waals surface area contributed by atoms with Crippen LogP contribution in [0.15, 0.2) is 24.3 Å². The third-order valence-electron chi connectivity index (χ3n) is 2.78. The zero-order valence-electron chi connectivity index (χ0n) is 9.86. The van der Waals surface area contributed by atoms with Gasteiger partial charge in [0.1, 0.15) is 0 Å². The van der Waals surface area contributed by atoms with Crippen molar-refractivity contribution in [1.29, 1.82) is 0 Å². The first-order chi connectivity index (χ1) is 7.15. The lowest BCUT2D eigenvalue weighted by atomic mass is 10.1. The lowest BCUT2D eigenvalue weighted by Gasteiger charge is -2.16. The van der Waals surface area contributed by atoms with Crippen LogP contribution >= 0.6 is 11.8 Å². The van der Waals surface area contributed by atoms with Crippen molar-refractivity contribution >= 4 is 11.8 Å². The Labute approximate surface area is 97.4 Å². The molecule has 0 saturated carbocycles. The van der Waals surface area contributed by atoms with E-state index >= 15 is 0 Å². The van der Waals surface area contributed by atoms with Gasteiger partial charge in [-0.2, -0.15) is 11.8 Å². The molecule has 15 heavy (non-hydrogen) atoms. The van der Waals surface area contributed by atoms with Crippen molar-refractivity contribution in [2.24, 2.45) is 11.7 Å². The largest absolute Gasteiger partial charge is 0.326 e. The molecule has 0 fully saturated rings. The molecule has 1 rings (SSSR count). The summed E-state index contributed by atoms with van der Waals surface area (Å²) in [5.41, 5.74) is 8.37. The van der Waals surface area contributed by atoms with Gasteiger partial charge in [0.25, 0.3) is 0 Å². The first-order valence-electron chi connectivity index (χ1n) is 5.53. The summed E-state index contributed by atoms with van der Waals surface area (Å²) in [6, 6.07) is 8.45. The second kappa shape index (κ2) is 6.19. The zero-order chi connectivity index (χ0) is 11.3. The molecule has 0 aliphatic heterocycles. The average Bonchev–Trinajstić information content (AvgIpc) is 2.26. The molecule has 0 heterocycles. The summed E-state index contributed by atoms with van der Waals surface area (Å²) in [6.07, 6.45) is 0. The maximum atomic E-state index is 5.71.